The predicted molar refractivity (Wildman–Crippen MR) is 108 cm³/mol. The molecule has 2 aliphatic rings. The molecule has 6 heteroatoms. The molecule has 1 amide bonds. The molecular formula is C22H34N2O4. The molecule has 1 aromatic rings. The molecule has 0 radical (unpaired) electrons. The van der Waals surface area contributed by atoms with Crippen LogP contribution in [0.25, 0.3) is 0 Å². The van der Waals surface area contributed by atoms with Gasteiger partial charge in [0.1, 0.15) is 5.75 Å². The fraction of sp³-hybridized carbons (Fsp3) is 0.682. The number of nitrogens with one attached hydrogen (secondary N) is 1. The van der Waals surface area contributed by atoms with E-state index in [1.165, 1.54) is 43.2 Å². The van der Waals surface area contributed by atoms with Crippen LogP contribution in [0.3, 0.4) is 0 Å². The lowest BCUT2D eigenvalue weighted by atomic mass is 9.77. The molecule has 1 aliphatic heterocycles. The molecule has 1 aromatic carbocycles. The van der Waals surface area contributed by atoms with Crippen LogP contribution in [0.4, 0.5) is 0 Å². The average Bonchev–Trinajstić information content (AvgIpc) is 2.73. The van der Waals surface area contributed by atoms with Crippen LogP contribution in [0.5, 0.6) is 5.75 Å². The van der Waals surface area contributed by atoms with Gasteiger partial charge in [0.2, 0.25) is 5.91 Å². The lowest BCUT2D eigenvalue weighted by Crippen LogP contribution is -2.47. The average molecular weight is 391 g/mol. The zero-order valence-corrected chi connectivity index (χ0v) is 17.2. The van der Waals surface area contributed by atoms with Crippen LogP contribution in [-0.2, 0) is 16.0 Å². The van der Waals surface area contributed by atoms with Gasteiger partial charge in [-0.3, -0.25) is 4.79 Å². The summed E-state index contributed by atoms with van der Waals surface area (Å²) in [6.45, 7) is 1.58. The summed E-state index contributed by atoms with van der Waals surface area (Å²) in [6, 6.07) is 6.36. The molecule has 1 saturated carbocycles. The summed E-state index contributed by atoms with van der Waals surface area (Å²) in [7, 11) is 3.28. The van der Waals surface area contributed by atoms with Crippen LogP contribution in [0.1, 0.15) is 49.3 Å². The molecule has 1 fully saturated rings. The Morgan fingerprint density at radius 2 is 2.07 bits per heavy atom. The van der Waals surface area contributed by atoms with E-state index in [1.54, 1.807) is 14.2 Å². The molecule has 28 heavy (non-hydrogen) atoms. The number of hydrogen-bond donors (Lipinski definition) is 2. The van der Waals surface area contributed by atoms with E-state index < -0.39 is 6.10 Å². The Morgan fingerprint density at radius 3 is 2.79 bits per heavy atom. The third-order valence-corrected chi connectivity index (χ3v) is 6.08. The van der Waals surface area contributed by atoms with Crippen LogP contribution in [0.2, 0.25) is 0 Å². The molecular weight excluding hydrogens is 356 g/mol. The summed E-state index contributed by atoms with van der Waals surface area (Å²) < 4.78 is 10.5. The standard InChI is InChI=1S/C22H34N2O4/c1-27-15-17(25)13-23-14-21(26)24-12-11-18-19(9-6-10-20(18)28-2)22(24)16-7-4-3-5-8-16/h6,9-10,16-17,22-23,25H,3-5,7-8,11-15H2,1-2H3/t17-,22?/m0/s1. The highest BCUT2D eigenvalue weighted by Gasteiger charge is 2.37. The van der Waals surface area contributed by atoms with Crippen molar-refractivity contribution in [1.82, 2.24) is 10.2 Å². The molecule has 0 bridgehead atoms. The molecule has 3 rings (SSSR count). The van der Waals surface area contributed by atoms with Crippen molar-refractivity contribution in [3.05, 3.63) is 29.3 Å². The van der Waals surface area contributed by atoms with Gasteiger partial charge in [0.25, 0.3) is 0 Å². The van der Waals surface area contributed by atoms with E-state index in [9.17, 15) is 9.90 Å². The maximum absolute atomic E-state index is 13.1. The second-order valence-corrected chi connectivity index (χ2v) is 7.95. The summed E-state index contributed by atoms with van der Waals surface area (Å²) in [4.78, 5) is 15.1. The predicted octanol–water partition coefficient (Wildman–Crippen LogP) is 2.30. The van der Waals surface area contributed by atoms with Gasteiger partial charge in [-0.2, -0.15) is 0 Å². The Hall–Kier alpha value is -1.63. The van der Waals surface area contributed by atoms with Crippen molar-refractivity contribution >= 4 is 5.91 Å². The molecule has 0 spiro atoms. The Labute approximate surface area is 168 Å². The van der Waals surface area contributed by atoms with Gasteiger partial charge in [0, 0.05) is 25.8 Å². The number of fused-ring (bicyclic) bond motifs is 1. The number of aliphatic hydroxyl groups is 1. The van der Waals surface area contributed by atoms with Gasteiger partial charge in [-0.25, -0.2) is 0 Å². The third kappa shape index (κ3) is 4.85. The molecule has 0 aromatic heterocycles. The molecule has 1 heterocycles. The first kappa shape index (κ1) is 21.1. The summed E-state index contributed by atoms with van der Waals surface area (Å²) in [5.74, 6) is 1.54. The maximum atomic E-state index is 13.1. The first-order valence-corrected chi connectivity index (χ1v) is 10.5. The van der Waals surface area contributed by atoms with E-state index in [-0.39, 0.29) is 25.1 Å². The number of nitrogens with zero attached hydrogens (tertiary/aromatic N) is 1. The van der Waals surface area contributed by atoms with Crippen molar-refractivity contribution in [2.75, 3.05) is 40.5 Å². The van der Waals surface area contributed by atoms with Crippen molar-refractivity contribution in [2.45, 2.75) is 50.7 Å². The number of ether oxygens (including phenoxy) is 2. The summed E-state index contributed by atoms with van der Waals surface area (Å²) in [6.07, 6.45) is 6.34. The van der Waals surface area contributed by atoms with E-state index in [2.05, 4.69) is 16.3 Å². The van der Waals surface area contributed by atoms with Crippen LogP contribution in [0.15, 0.2) is 18.2 Å². The van der Waals surface area contributed by atoms with E-state index in [0.717, 1.165) is 18.7 Å². The van der Waals surface area contributed by atoms with Gasteiger partial charge in [-0.05, 0) is 36.8 Å². The van der Waals surface area contributed by atoms with Gasteiger partial charge in [-0.1, -0.05) is 31.4 Å². The van der Waals surface area contributed by atoms with Crippen molar-refractivity contribution < 1.29 is 19.4 Å². The zero-order chi connectivity index (χ0) is 19.9. The molecule has 2 atom stereocenters. The highest BCUT2D eigenvalue weighted by atomic mass is 16.5. The molecule has 1 unspecified atom stereocenters. The van der Waals surface area contributed by atoms with Crippen LogP contribution in [0, 0.1) is 5.92 Å². The van der Waals surface area contributed by atoms with Gasteiger partial charge < -0.3 is 24.8 Å². The van der Waals surface area contributed by atoms with Crippen LogP contribution < -0.4 is 10.1 Å². The van der Waals surface area contributed by atoms with E-state index in [1.807, 2.05) is 12.1 Å². The Bertz CT molecular complexity index is 645. The number of carbonyl (C=O) groups excluding carboxylic acids is 1. The lowest BCUT2D eigenvalue weighted by molar-refractivity contribution is -0.135. The fourth-order valence-corrected chi connectivity index (χ4v) is 4.79. The number of amides is 1. The van der Waals surface area contributed by atoms with E-state index >= 15 is 0 Å². The Balaban J connectivity index is 1.76. The number of hydrogen-bond acceptors (Lipinski definition) is 5. The minimum absolute atomic E-state index is 0.105. The Kier molecular flexibility index (Phi) is 7.71. The summed E-state index contributed by atoms with van der Waals surface area (Å²) >= 11 is 0. The van der Waals surface area contributed by atoms with Gasteiger partial charge in [0.15, 0.2) is 0 Å². The molecule has 2 N–H and O–H groups in total. The normalized spacial score (nSPS) is 21.2. The van der Waals surface area contributed by atoms with Gasteiger partial charge in [-0.15, -0.1) is 0 Å². The third-order valence-electron chi connectivity index (χ3n) is 6.08. The number of rotatable bonds is 8. The molecule has 6 nitrogen and oxygen atoms in total. The zero-order valence-electron chi connectivity index (χ0n) is 17.2. The second-order valence-electron chi connectivity index (χ2n) is 7.95. The van der Waals surface area contributed by atoms with Crippen LogP contribution in [-0.4, -0.2) is 62.5 Å². The highest BCUT2D eigenvalue weighted by Crippen LogP contribution is 2.44. The number of carbonyl (C=O) groups is 1. The highest BCUT2D eigenvalue weighted by molar-refractivity contribution is 5.79. The largest absolute Gasteiger partial charge is 0.496 e. The summed E-state index contributed by atoms with van der Waals surface area (Å²) in [5.41, 5.74) is 2.51. The number of aliphatic hydroxyl groups excluding tert-OH is 1. The first-order chi connectivity index (χ1) is 13.7. The number of benzene rings is 1. The smallest absolute Gasteiger partial charge is 0.237 e. The minimum atomic E-state index is -0.599. The fourth-order valence-electron chi connectivity index (χ4n) is 4.79. The quantitative estimate of drug-likeness (QED) is 0.713. The Morgan fingerprint density at radius 1 is 1.29 bits per heavy atom. The van der Waals surface area contributed by atoms with E-state index in [0.29, 0.717) is 12.5 Å². The molecule has 0 saturated heterocycles. The first-order valence-electron chi connectivity index (χ1n) is 10.5. The van der Waals surface area contributed by atoms with Crippen molar-refractivity contribution in [2.24, 2.45) is 5.92 Å². The van der Waals surface area contributed by atoms with E-state index in [4.69, 9.17) is 9.47 Å². The van der Waals surface area contributed by atoms with Gasteiger partial charge >= 0.3 is 0 Å². The lowest BCUT2D eigenvalue weighted by Gasteiger charge is -2.43. The van der Waals surface area contributed by atoms with Crippen molar-refractivity contribution in [1.29, 1.82) is 0 Å². The van der Waals surface area contributed by atoms with Crippen molar-refractivity contribution in [3.63, 3.8) is 0 Å². The topological polar surface area (TPSA) is 71.0 Å². The number of methoxy groups -OCH3 is 2. The molecule has 1 aliphatic carbocycles. The van der Waals surface area contributed by atoms with Crippen molar-refractivity contribution in [3.8, 4) is 5.75 Å². The summed E-state index contributed by atoms with van der Waals surface area (Å²) in [5, 5.41) is 12.9. The SMILES string of the molecule is COC[C@@H](O)CNCC(=O)N1CCc2c(OC)cccc2C1C1CCCCC1. The van der Waals surface area contributed by atoms with Crippen LogP contribution >= 0.6 is 0 Å². The molecule has 156 valence electrons. The monoisotopic (exact) mass is 390 g/mol. The van der Waals surface area contributed by atoms with Gasteiger partial charge in [0.05, 0.1) is 32.4 Å². The minimum Gasteiger partial charge on any atom is -0.496 e. The second kappa shape index (κ2) is 10.2. The maximum Gasteiger partial charge on any atom is 0.237 e.